The monoisotopic (exact) mass is 317 g/mol. The Hall–Kier alpha value is -2.51. The van der Waals surface area contributed by atoms with Crippen LogP contribution in [0.4, 0.5) is 0 Å². The highest BCUT2D eigenvalue weighted by Gasteiger charge is 2.11. The second-order valence-electron chi connectivity index (χ2n) is 4.97. The molecule has 2 heterocycles. The molecule has 0 saturated carbocycles. The molecule has 3 rings (SSSR count). The van der Waals surface area contributed by atoms with E-state index in [4.69, 9.17) is 0 Å². The van der Waals surface area contributed by atoms with Crippen LogP contribution >= 0.6 is 0 Å². The molecule has 2 aromatic heterocycles. The fourth-order valence-corrected chi connectivity index (χ4v) is 2.46. The van der Waals surface area contributed by atoms with Crippen molar-refractivity contribution >= 4 is 0 Å². The maximum atomic E-state index is 4.37. The number of aromatic nitrogens is 5. The van der Waals surface area contributed by atoms with Crippen molar-refractivity contribution in [2.75, 3.05) is 0 Å². The van der Waals surface area contributed by atoms with Crippen molar-refractivity contribution in [1.29, 1.82) is 0 Å². The van der Waals surface area contributed by atoms with E-state index in [1.165, 1.54) is 0 Å². The summed E-state index contributed by atoms with van der Waals surface area (Å²) in [5, 5.41) is 8.69. The highest BCUT2D eigenvalue weighted by molar-refractivity contribution is 5.54. The molecule has 0 aliphatic rings. The topological polar surface area (TPSA) is 112 Å². The first kappa shape index (κ1) is 18.5. The van der Waals surface area contributed by atoms with E-state index in [2.05, 4.69) is 43.4 Å². The molecule has 0 fully saturated rings. The lowest BCUT2D eigenvalue weighted by Crippen LogP contribution is -2.08. The smallest absolute Gasteiger partial charge is 0.163 e. The molecule has 0 saturated heterocycles. The minimum absolute atomic E-state index is 0. The van der Waals surface area contributed by atoms with Gasteiger partial charge in [0, 0.05) is 37.5 Å². The Morgan fingerprint density at radius 2 is 1.78 bits per heavy atom. The van der Waals surface area contributed by atoms with Gasteiger partial charge in [-0.15, -0.1) is 10.2 Å². The maximum Gasteiger partial charge on any atom is 0.163 e. The summed E-state index contributed by atoms with van der Waals surface area (Å²) in [4.78, 5) is 4.07. The lowest BCUT2D eigenvalue weighted by molar-refractivity contribution is 0.552. The first-order valence-corrected chi connectivity index (χ1v) is 7.31. The Kier molecular flexibility index (Phi) is 7.11. The van der Waals surface area contributed by atoms with Crippen LogP contribution in [-0.2, 0) is 19.5 Å². The van der Waals surface area contributed by atoms with Crippen molar-refractivity contribution in [1.82, 2.24) is 24.3 Å². The van der Waals surface area contributed by atoms with Crippen molar-refractivity contribution in [3.8, 4) is 11.4 Å². The predicted octanol–water partition coefficient (Wildman–Crippen LogP) is 1.14. The summed E-state index contributed by atoms with van der Waals surface area (Å²) in [7, 11) is 0. The third kappa shape index (κ3) is 4.24. The first-order chi connectivity index (χ1) is 10.4. The molecular formula is C16H23N5O2. The quantitative estimate of drug-likeness (QED) is 0.679. The van der Waals surface area contributed by atoms with E-state index in [-0.39, 0.29) is 11.0 Å². The van der Waals surface area contributed by atoms with Crippen molar-refractivity contribution < 1.29 is 11.0 Å². The van der Waals surface area contributed by atoms with Gasteiger partial charge in [0.2, 0.25) is 0 Å². The molecule has 7 nitrogen and oxygen atoms in total. The standard InChI is InChI=1S/C16H19N5.2H2O/c1-2-15-18-19-16(14-7-4-3-5-8-14)21(15)11-6-10-20-12-9-17-13-20;;/h3-5,7-9,12-13H,2,6,10-11H2,1H3;2*1H2. The van der Waals surface area contributed by atoms with Crippen molar-refractivity contribution in [2.24, 2.45) is 0 Å². The zero-order valence-electron chi connectivity index (χ0n) is 13.2. The average Bonchev–Trinajstić information content (AvgIpc) is 3.17. The Balaban J connectivity index is 0.00000132. The maximum absolute atomic E-state index is 4.37. The Morgan fingerprint density at radius 3 is 2.43 bits per heavy atom. The van der Waals surface area contributed by atoms with E-state index >= 15 is 0 Å². The van der Waals surface area contributed by atoms with Gasteiger partial charge in [-0.2, -0.15) is 0 Å². The zero-order chi connectivity index (χ0) is 14.5. The number of nitrogens with zero attached hydrogens (tertiary/aromatic N) is 5. The first-order valence-electron chi connectivity index (χ1n) is 7.31. The van der Waals surface area contributed by atoms with E-state index in [1.807, 2.05) is 36.9 Å². The minimum Gasteiger partial charge on any atom is -0.412 e. The largest absolute Gasteiger partial charge is 0.412 e. The third-order valence-corrected chi connectivity index (χ3v) is 3.53. The second-order valence-corrected chi connectivity index (χ2v) is 4.97. The van der Waals surface area contributed by atoms with E-state index in [1.54, 1.807) is 0 Å². The van der Waals surface area contributed by atoms with E-state index in [0.29, 0.717) is 0 Å². The van der Waals surface area contributed by atoms with Crippen LogP contribution in [0.25, 0.3) is 11.4 Å². The number of rotatable bonds is 6. The van der Waals surface area contributed by atoms with Crippen LogP contribution in [0.5, 0.6) is 0 Å². The summed E-state index contributed by atoms with van der Waals surface area (Å²) in [6.45, 7) is 3.99. The van der Waals surface area contributed by atoms with Crippen molar-refractivity contribution in [2.45, 2.75) is 32.9 Å². The molecule has 0 aliphatic heterocycles. The summed E-state index contributed by atoms with van der Waals surface area (Å²) in [6.07, 6.45) is 7.58. The molecule has 4 N–H and O–H groups in total. The molecule has 0 radical (unpaired) electrons. The van der Waals surface area contributed by atoms with Crippen molar-refractivity contribution in [3.05, 3.63) is 54.9 Å². The normalized spacial score (nSPS) is 9.96. The Bertz CT molecular complexity index is 680. The number of imidazole rings is 1. The highest BCUT2D eigenvalue weighted by atomic mass is 16.0. The zero-order valence-corrected chi connectivity index (χ0v) is 13.2. The van der Waals surface area contributed by atoms with E-state index < -0.39 is 0 Å². The SMILES string of the molecule is CCc1nnc(-c2ccccc2)n1CCCn1ccnc1.O.O. The van der Waals surface area contributed by atoms with Crippen LogP contribution in [0.3, 0.4) is 0 Å². The van der Waals surface area contributed by atoms with Crippen molar-refractivity contribution in [3.63, 3.8) is 0 Å². The van der Waals surface area contributed by atoms with Gasteiger partial charge in [-0.1, -0.05) is 37.3 Å². The molecular weight excluding hydrogens is 294 g/mol. The fraction of sp³-hybridized carbons (Fsp3) is 0.312. The predicted molar refractivity (Wildman–Crippen MR) is 88.9 cm³/mol. The van der Waals surface area contributed by atoms with E-state index in [0.717, 1.165) is 43.1 Å². The molecule has 0 bridgehead atoms. The summed E-state index contributed by atoms with van der Waals surface area (Å²) in [6, 6.07) is 10.2. The molecule has 0 atom stereocenters. The van der Waals surface area contributed by atoms with Crippen LogP contribution in [0.1, 0.15) is 19.2 Å². The lowest BCUT2D eigenvalue weighted by Gasteiger charge is -2.10. The van der Waals surface area contributed by atoms with Gasteiger partial charge in [0.05, 0.1) is 6.33 Å². The van der Waals surface area contributed by atoms with Gasteiger partial charge < -0.3 is 20.1 Å². The molecule has 23 heavy (non-hydrogen) atoms. The van der Waals surface area contributed by atoms with Crippen LogP contribution in [0.2, 0.25) is 0 Å². The molecule has 1 aromatic carbocycles. The van der Waals surface area contributed by atoms with Crippen LogP contribution in [-0.4, -0.2) is 35.3 Å². The molecule has 0 amide bonds. The fourth-order valence-electron chi connectivity index (χ4n) is 2.46. The van der Waals surface area contributed by atoms with Gasteiger partial charge in [0.1, 0.15) is 5.82 Å². The van der Waals surface area contributed by atoms with Gasteiger partial charge in [-0.3, -0.25) is 0 Å². The van der Waals surface area contributed by atoms with E-state index in [9.17, 15) is 0 Å². The molecule has 7 heteroatoms. The third-order valence-electron chi connectivity index (χ3n) is 3.53. The number of benzene rings is 1. The minimum atomic E-state index is 0. The molecule has 0 unspecified atom stereocenters. The Morgan fingerprint density at radius 1 is 1.00 bits per heavy atom. The van der Waals surface area contributed by atoms with Gasteiger partial charge >= 0.3 is 0 Å². The molecule has 3 aromatic rings. The summed E-state index contributed by atoms with van der Waals surface area (Å²) in [5.74, 6) is 2.00. The van der Waals surface area contributed by atoms with Gasteiger partial charge in [0.25, 0.3) is 0 Å². The number of hydrogen-bond donors (Lipinski definition) is 0. The summed E-state index contributed by atoms with van der Waals surface area (Å²) in [5.41, 5.74) is 1.12. The second kappa shape index (κ2) is 8.82. The summed E-state index contributed by atoms with van der Waals surface area (Å²) < 4.78 is 4.32. The molecule has 0 aliphatic carbocycles. The van der Waals surface area contributed by atoms with Crippen LogP contribution in [0, 0.1) is 0 Å². The highest BCUT2D eigenvalue weighted by Crippen LogP contribution is 2.18. The summed E-state index contributed by atoms with van der Waals surface area (Å²) >= 11 is 0. The molecule has 0 spiro atoms. The van der Waals surface area contributed by atoms with Gasteiger partial charge in [0.15, 0.2) is 5.82 Å². The van der Waals surface area contributed by atoms with Gasteiger partial charge in [-0.05, 0) is 6.42 Å². The van der Waals surface area contributed by atoms with Crippen LogP contribution in [0.15, 0.2) is 49.1 Å². The lowest BCUT2D eigenvalue weighted by atomic mass is 10.2. The molecule has 124 valence electrons. The number of hydrogen-bond acceptors (Lipinski definition) is 3. The Labute approximate surface area is 135 Å². The number of aryl methyl sites for hydroxylation is 2. The van der Waals surface area contributed by atoms with Crippen LogP contribution < -0.4 is 0 Å². The average molecular weight is 317 g/mol. The van der Waals surface area contributed by atoms with Gasteiger partial charge in [-0.25, -0.2) is 4.98 Å².